The zero-order chi connectivity index (χ0) is 16.6. The van der Waals surface area contributed by atoms with Crippen LogP contribution in [0.4, 0.5) is 0 Å². The second-order valence-electron chi connectivity index (χ2n) is 5.50. The van der Waals surface area contributed by atoms with Crippen LogP contribution in [0.25, 0.3) is 0 Å². The summed E-state index contributed by atoms with van der Waals surface area (Å²) >= 11 is 0. The van der Waals surface area contributed by atoms with Gasteiger partial charge in [0.2, 0.25) is 5.91 Å². The predicted octanol–water partition coefficient (Wildman–Crippen LogP) is 1.58. The molecule has 0 spiro atoms. The molecule has 5 nitrogen and oxygen atoms in total. The Morgan fingerprint density at radius 1 is 0.864 bits per heavy atom. The van der Waals surface area contributed by atoms with Crippen LogP contribution in [-0.2, 0) is 27.2 Å². The van der Waals surface area contributed by atoms with Gasteiger partial charge in [0.25, 0.3) is 0 Å². The van der Waals surface area contributed by atoms with Crippen LogP contribution in [0.1, 0.15) is 48.5 Å². The maximum Gasteiger partial charge on any atom is 0.240 e. The van der Waals surface area contributed by atoms with E-state index in [1.807, 2.05) is 6.92 Å². The van der Waals surface area contributed by atoms with Gasteiger partial charge in [0, 0.05) is 22.4 Å². The molecule has 1 radical (unpaired) electrons. The minimum Gasteiger partial charge on any atom is -0.368 e. The first-order valence-corrected chi connectivity index (χ1v) is 8.41. The molecule has 0 aliphatic heterocycles. The third-order valence-corrected chi connectivity index (χ3v) is 4.74. The van der Waals surface area contributed by atoms with E-state index in [9.17, 15) is 4.79 Å². The quantitative estimate of drug-likeness (QED) is 0.456. The Balaban J connectivity index is 0. The number of likely N-dealkylation sites (N-methyl/N-ethyl adjacent to an activating group) is 3. The van der Waals surface area contributed by atoms with Crippen molar-refractivity contribution >= 4 is 5.91 Å². The van der Waals surface area contributed by atoms with E-state index in [0.29, 0.717) is 0 Å². The number of hydrogen-bond acceptors (Lipinski definition) is 4. The average Bonchev–Trinajstić information content (AvgIpc) is 2.48. The van der Waals surface area contributed by atoms with Crippen LogP contribution >= 0.6 is 0 Å². The number of hydrogen-bond donors (Lipinski definition) is 1. The first-order chi connectivity index (χ1) is 9.88. The fourth-order valence-electron chi connectivity index (χ4n) is 3.41. The van der Waals surface area contributed by atoms with Gasteiger partial charge in [-0.1, -0.05) is 41.5 Å². The normalized spacial score (nSPS) is 14.5. The van der Waals surface area contributed by atoms with Crippen molar-refractivity contribution in [2.75, 3.05) is 39.3 Å². The smallest absolute Gasteiger partial charge is 0.240 e. The monoisotopic (exact) mass is 481 g/mol. The molecule has 0 aromatic rings. The van der Waals surface area contributed by atoms with Crippen LogP contribution < -0.4 is 5.73 Å². The molecule has 0 fully saturated rings. The van der Waals surface area contributed by atoms with Gasteiger partial charge in [0.05, 0.1) is 6.17 Å². The maximum atomic E-state index is 12.4. The summed E-state index contributed by atoms with van der Waals surface area (Å²) in [5.74, 6) is -0.241. The molecule has 22 heavy (non-hydrogen) atoms. The van der Waals surface area contributed by atoms with Crippen LogP contribution in [0, 0.1) is 0 Å². The van der Waals surface area contributed by atoms with Gasteiger partial charge in [-0.05, 0) is 46.2 Å². The fraction of sp³-hybridized carbons (Fsp3) is 0.938. The van der Waals surface area contributed by atoms with E-state index in [2.05, 4.69) is 56.2 Å². The Labute approximate surface area is 153 Å². The Bertz CT molecular complexity index is 293. The molecule has 6 heteroatoms. The molecule has 0 rings (SSSR count). The zero-order valence-corrected chi connectivity index (χ0v) is 18.8. The molecule has 0 aliphatic carbocycles. The Kier molecular flexibility index (Phi) is 12.8. The number of carbonyl (C=O) groups is 1. The molecule has 0 aliphatic rings. The van der Waals surface area contributed by atoms with Crippen LogP contribution in [0.5, 0.6) is 0 Å². The second-order valence-corrected chi connectivity index (χ2v) is 5.50. The molecule has 0 aromatic heterocycles. The van der Waals surface area contributed by atoms with Gasteiger partial charge in [0.15, 0.2) is 0 Å². The molecule has 2 N–H and O–H groups in total. The zero-order valence-electron chi connectivity index (χ0n) is 15.6. The maximum absolute atomic E-state index is 12.4. The number of carbonyl (C=O) groups excluding carboxylic acids is 1. The van der Waals surface area contributed by atoms with Crippen molar-refractivity contribution in [2.45, 2.75) is 60.2 Å². The summed E-state index contributed by atoms with van der Waals surface area (Å²) in [6.07, 6.45) is -0.0000926. The van der Waals surface area contributed by atoms with Gasteiger partial charge >= 0.3 is 0 Å². The van der Waals surface area contributed by atoms with Gasteiger partial charge in [-0.2, -0.15) is 0 Å². The minimum absolute atomic E-state index is 0. The molecule has 1 amide bonds. The van der Waals surface area contributed by atoms with Gasteiger partial charge in [0.1, 0.15) is 5.54 Å². The van der Waals surface area contributed by atoms with E-state index in [1.165, 1.54) is 0 Å². The number of rotatable bonds is 11. The molecule has 131 valence electrons. The first kappa shape index (κ1) is 24.3. The largest absolute Gasteiger partial charge is 0.368 e. The van der Waals surface area contributed by atoms with Crippen LogP contribution in [0.3, 0.4) is 0 Å². The number of primary amides is 1. The van der Waals surface area contributed by atoms with Gasteiger partial charge in [-0.3, -0.25) is 19.5 Å². The molecule has 0 saturated carbocycles. The van der Waals surface area contributed by atoms with E-state index in [4.69, 9.17) is 5.73 Å². The summed E-state index contributed by atoms with van der Waals surface area (Å²) in [4.78, 5) is 19.3. The minimum atomic E-state index is -0.693. The van der Waals surface area contributed by atoms with E-state index >= 15 is 0 Å². The molecule has 0 bridgehead atoms. The number of nitrogens with two attached hydrogens (primary N) is 1. The van der Waals surface area contributed by atoms with Crippen molar-refractivity contribution in [3.8, 4) is 0 Å². The third kappa shape index (κ3) is 5.05. The summed E-state index contributed by atoms with van der Waals surface area (Å²) in [7, 11) is 0. The summed E-state index contributed by atoms with van der Waals surface area (Å²) in [5.41, 5.74) is 5.19. The van der Waals surface area contributed by atoms with E-state index in [0.717, 1.165) is 39.3 Å². The summed E-state index contributed by atoms with van der Waals surface area (Å²) < 4.78 is 0. The van der Waals surface area contributed by atoms with Gasteiger partial charge < -0.3 is 5.73 Å². The predicted molar refractivity (Wildman–Crippen MR) is 90.2 cm³/mol. The molecular formula is C16H36N4OTa. The Morgan fingerprint density at radius 3 is 1.36 bits per heavy atom. The van der Waals surface area contributed by atoms with Crippen molar-refractivity contribution in [1.29, 1.82) is 0 Å². The van der Waals surface area contributed by atoms with E-state index in [1.54, 1.807) is 0 Å². The molecule has 0 aromatic carbocycles. The van der Waals surface area contributed by atoms with Crippen molar-refractivity contribution in [1.82, 2.24) is 14.7 Å². The van der Waals surface area contributed by atoms with Crippen molar-refractivity contribution in [3.05, 3.63) is 0 Å². The summed E-state index contributed by atoms with van der Waals surface area (Å²) in [5, 5.41) is 0. The number of amides is 1. The molecule has 1 atom stereocenters. The Hall–Kier alpha value is 0.0903. The fourth-order valence-corrected chi connectivity index (χ4v) is 3.41. The van der Waals surface area contributed by atoms with E-state index in [-0.39, 0.29) is 34.5 Å². The van der Waals surface area contributed by atoms with Crippen molar-refractivity contribution in [3.63, 3.8) is 0 Å². The van der Waals surface area contributed by atoms with Crippen molar-refractivity contribution in [2.24, 2.45) is 5.73 Å². The third-order valence-electron chi connectivity index (χ3n) is 4.74. The SMILES string of the molecule is CCN(CC)C(N(CC)CC)C(C)(C(N)=O)N(CC)CC.[Ta]. The molecule has 0 saturated heterocycles. The van der Waals surface area contributed by atoms with Crippen LogP contribution in [0.15, 0.2) is 0 Å². The molecular weight excluding hydrogens is 445 g/mol. The summed E-state index contributed by atoms with van der Waals surface area (Å²) in [6.45, 7) is 20.0. The van der Waals surface area contributed by atoms with Gasteiger partial charge in [-0.25, -0.2) is 0 Å². The second kappa shape index (κ2) is 11.6. The van der Waals surface area contributed by atoms with Crippen molar-refractivity contribution < 1.29 is 27.2 Å². The Morgan fingerprint density at radius 2 is 1.18 bits per heavy atom. The van der Waals surface area contributed by atoms with Gasteiger partial charge in [-0.15, -0.1) is 0 Å². The van der Waals surface area contributed by atoms with Crippen LogP contribution in [-0.4, -0.2) is 71.6 Å². The van der Waals surface area contributed by atoms with E-state index < -0.39 is 5.54 Å². The van der Waals surface area contributed by atoms with Crippen LogP contribution in [0.2, 0.25) is 0 Å². The first-order valence-electron chi connectivity index (χ1n) is 8.41. The molecule has 0 heterocycles. The summed E-state index contributed by atoms with van der Waals surface area (Å²) in [6, 6.07) is 0. The topological polar surface area (TPSA) is 52.8 Å². The average molecular weight is 481 g/mol. The standard InChI is InChI=1S/C16H36N4O.Ta/c1-8-18(9-2)15(19(10-3)11-4)16(7,14(17)21)20(12-5)13-6;/h15H,8-13H2,1-7H3,(H2,17,21);. The molecule has 1 unspecified atom stereocenters. The number of nitrogens with zero attached hydrogens (tertiary/aromatic N) is 3.